The first-order valence-electron chi connectivity index (χ1n) is 5.79. The van der Waals surface area contributed by atoms with Gasteiger partial charge in [0.1, 0.15) is 5.78 Å². The molecule has 0 aromatic rings. The lowest BCUT2D eigenvalue weighted by atomic mass is 9.79. The van der Waals surface area contributed by atoms with Gasteiger partial charge in [-0.2, -0.15) is 0 Å². The minimum Gasteiger partial charge on any atom is -0.389 e. The molecule has 2 fully saturated rings. The summed E-state index contributed by atoms with van der Waals surface area (Å²) in [5.41, 5.74) is -0.635. The smallest absolute Gasteiger partial charge is 0.141 e. The number of aliphatic hydroxyl groups is 1. The first kappa shape index (κ1) is 10.2. The molecule has 2 nitrogen and oxygen atoms in total. The van der Waals surface area contributed by atoms with Crippen LogP contribution in [-0.4, -0.2) is 16.5 Å². The Morgan fingerprint density at radius 3 is 2.79 bits per heavy atom. The van der Waals surface area contributed by atoms with Crippen LogP contribution in [0.15, 0.2) is 0 Å². The summed E-state index contributed by atoms with van der Waals surface area (Å²) in [6, 6.07) is 0. The molecule has 14 heavy (non-hydrogen) atoms. The number of fused-ring (bicyclic) bond motifs is 2. The minimum atomic E-state index is -0.635. The molecule has 2 saturated carbocycles. The number of rotatable bonds is 2. The fourth-order valence-electron chi connectivity index (χ4n) is 3.25. The molecule has 0 spiro atoms. The fraction of sp³-hybridized carbons (Fsp3) is 0.917. The molecule has 2 aliphatic rings. The summed E-state index contributed by atoms with van der Waals surface area (Å²) < 4.78 is 0. The molecule has 0 aliphatic heterocycles. The Balaban J connectivity index is 2.17. The summed E-state index contributed by atoms with van der Waals surface area (Å²) in [6.45, 7) is 3.88. The van der Waals surface area contributed by atoms with Crippen LogP contribution in [0.3, 0.4) is 0 Å². The summed E-state index contributed by atoms with van der Waals surface area (Å²) in [7, 11) is 0. The van der Waals surface area contributed by atoms with Crippen molar-refractivity contribution in [1.29, 1.82) is 0 Å². The second-order valence-corrected chi connectivity index (χ2v) is 5.41. The number of hydrogen-bond acceptors (Lipinski definition) is 2. The monoisotopic (exact) mass is 196 g/mol. The van der Waals surface area contributed by atoms with E-state index in [0.717, 1.165) is 25.7 Å². The van der Waals surface area contributed by atoms with Gasteiger partial charge in [0.05, 0.1) is 5.60 Å². The van der Waals surface area contributed by atoms with Crippen molar-refractivity contribution in [2.75, 3.05) is 0 Å². The van der Waals surface area contributed by atoms with E-state index >= 15 is 0 Å². The quantitative estimate of drug-likeness (QED) is 0.734. The molecule has 2 rings (SSSR count). The van der Waals surface area contributed by atoms with E-state index in [2.05, 4.69) is 0 Å². The van der Waals surface area contributed by atoms with Crippen LogP contribution < -0.4 is 0 Å². The largest absolute Gasteiger partial charge is 0.389 e. The third-order valence-corrected chi connectivity index (χ3v) is 3.99. The summed E-state index contributed by atoms with van der Waals surface area (Å²) in [5, 5.41) is 10.4. The zero-order chi connectivity index (χ0) is 10.3. The van der Waals surface area contributed by atoms with E-state index in [9.17, 15) is 9.90 Å². The molecule has 80 valence electrons. The van der Waals surface area contributed by atoms with Crippen molar-refractivity contribution in [3.05, 3.63) is 0 Å². The molecule has 2 aliphatic carbocycles. The fourth-order valence-corrected chi connectivity index (χ4v) is 3.25. The number of ketones is 1. The second kappa shape index (κ2) is 3.34. The average molecular weight is 196 g/mol. The van der Waals surface area contributed by atoms with Crippen LogP contribution in [0, 0.1) is 17.8 Å². The van der Waals surface area contributed by atoms with E-state index in [1.54, 1.807) is 0 Å². The molecular weight excluding hydrogens is 176 g/mol. The van der Waals surface area contributed by atoms with Crippen LogP contribution >= 0.6 is 0 Å². The van der Waals surface area contributed by atoms with Gasteiger partial charge in [0, 0.05) is 11.8 Å². The summed E-state index contributed by atoms with van der Waals surface area (Å²) >= 11 is 0. The van der Waals surface area contributed by atoms with E-state index in [0.29, 0.717) is 5.92 Å². The summed E-state index contributed by atoms with van der Waals surface area (Å²) in [4.78, 5) is 11.9. The van der Waals surface area contributed by atoms with Gasteiger partial charge < -0.3 is 5.11 Å². The molecule has 0 aromatic heterocycles. The second-order valence-electron chi connectivity index (χ2n) is 5.41. The van der Waals surface area contributed by atoms with Gasteiger partial charge in [-0.15, -0.1) is 0 Å². The SMILES string of the molecule is CC(C)C(=O)[C@@H]1C[C@H]2CCC[C@]1(O)C2. The molecule has 3 atom stereocenters. The van der Waals surface area contributed by atoms with Crippen molar-refractivity contribution in [2.24, 2.45) is 17.8 Å². The highest BCUT2D eigenvalue weighted by atomic mass is 16.3. The third kappa shape index (κ3) is 1.50. The first-order chi connectivity index (χ1) is 6.53. The molecule has 0 radical (unpaired) electrons. The molecule has 0 saturated heterocycles. The van der Waals surface area contributed by atoms with E-state index < -0.39 is 5.60 Å². The third-order valence-electron chi connectivity index (χ3n) is 3.99. The van der Waals surface area contributed by atoms with Crippen LogP contribution in [0.4, 0.5) is 0 Å². The van der Waals surface area contributed by atoms with Gasteiger partial charge in [-0.3, -0.25) is 4.79 Å². The van der Waals surface area contributed by atoms with Gasteiger partial charge in [0.25, 0.3) is 0 Å². The Hall–Kier alpha value is -0.370. The lowest BCUT2D eigenvalue weighted by Gasteiger charge is -2.32. The maximum Gasteiger partial charge on any atom is 0.141 e. The zero-order valence-electron chi connectivity index (χ0n) is 9.12. The van der Waals surface area contributed by atoms with Crippen molar-refractivity contribution in [1.82, 2.24) is 0 Å². The Morgan fingerprint density at radius 2 is 2.21 bits per heavy atom. The maximum atomic E-state index is 11.9. The lowest BCUT2D eigenvalue weighted by Crippen LogP contribution is -2.40. The van der Waals surface area contributed by atoms with Crippen LogP contribution in [0.2, 0.25) is 0 Å². The molecule has 1 N–H and O–H groups in total. The van der Waals surface area contributed by atoms with E-state index in [4.69, 9.17) is 0 Å². The van der Waals surface area contributed by atoms with Crippen molar-refractivity contribution >= 4 is 5.78 Å². The van der Waals surface area contributed by atoms with Gasteiger partial charge in [0.2, 0.25) is 0 Å². The maximum absolute atomic E-state index is 11.9. The standard InChI is InChI=1S/C12H20O2/c1-8(2)11(13)10-6-9-4-3-5-12(10,14)7-9/h8-10,14H,3-7H2,1-2H3/t9-,10+,12+/m1/s1. The molecule has 0 aromatic carbocycles. The molecule has 0 amide bonds. The minimum absolute atomic E-state index is 0.0602. The Bertz CT molecular complexity index is 247. The van der Waals surface area contributed by atoms with Crippen molar-refractivity contribution in [3.63, 3.8) is 0 Å². The van der Waals surface area contributed by atoms with E-state index in [-0.39, 0.29) is 17.6 Å². The van der Waals surface area contributed by atoms with Crippen molar-refractivity contribution < 1.29 is 9.90 Å². The molecular formula is C12H20O2. The molecule has 2 bridgehead atoms. The Morgan fingerprint density at radius 1 is 1.50 bits per heavy atom. The first-order valence-corrected chi connectivity index (χ1v) is 5.79. The highest BCUT2D eigenvalue weighted by Crippen LogP contribution is 2.49. The molecule has 0 unspecified atom stereocenters. The van der Waals surface area contributed by atoms with Gasteiger partial charge >= 0.3 is 0 Å². The van der Waals surface area contributed by atoms with Crippen molar-refractivity contribution in [3.8, 4) is 0 Å². The van der Waals surface area contributed by atoms with Gasteiger partial charge in [0.15, 0.2) is 0 Å². The Kier molecular flexibility index (Phi) is 2.42. The van der Waals surface area contributed by atoms with Crippen LogP contribution in [-0.2, 0) is 4.79 Å². The number of Topliss-reactive ketones (excluding diaryl/α,β-unsaturated/α-hetero) is 1. The Labute approximate surface area is 85.7 Å². The van der Waals surface area contributed by atoms with Crippen LogP contribution in [0.5, 0.6) is 0 Å². The van der Waals surface area contributed by atoms with Crippen molar-refractivity contribution in [2.45, 2.75) is 51.6 Å². The number of carbonyl (C=O) groups is 1. The molecule has 2 heteroatoms. The highest BCUT2D eigenvalue weighted by Gasteiger charge is 2.51. The van der Waals surface area contributed by atoms with E-state index in [1.165, 1.54) is 6.42 Å². The number of hydrogen-bond donors (Lipinski definition) is 1. The predicted molar refractivity (Wildman–Crippen MR) is 54.9 cm³/mol. The summed E-state index contributed by atoms with van der Waals surface area (Å²) in [5.74, 6) is 0.900. The lowest BCUT2D eigenvalue weighted by molar-refractivity contribution is -0.133. The topological polar surface area (TPSA) is 37.3 Å². The van der Waals surface area contributed by atoms with Gasteiger partial charge in [-0.05, 0) is 25.2 Å². The summed E-state index contributed by atoms with van der Waals surface area (Å²) in [6.07, 6.45) is 4.96. The van der Waals surface area contributed by atoms with Crippen LogP contribution in [0.25, 0.3) is 0 Å². The number of carbonyl (C=O) groups excluding carboxylic acids is 1. The van der Waals surface area contributed by atoms with E-state index in [1.807, 2.05) is 13.8 Å². The zero-order valence-corrected chi connectivity index (χ0v) is 9.12. The van der Waals surface area contributed by atoms with Crippen LogP contribution in [0.1, 0.15) is 46.0 Å². The molecule has 0 heterocycles. The average Bonchev–Trinajstić information content (AvgIpc) is 2.34. The highest BCUT2D eigenvalue weighted by molar-refractivity contribution is 5.84. The predicted octanol–water partition coefficient (Wildman–Crippen LogP) is 2.15. The van der Waals surface area contributed by atoms with Gasteiger partial charge in [-0.25, -0.2) is 0 Å². The normalized spacial score (nSPS) is 41.7. The van der Waals surface area contributed by atoms with Gasteiger partial charge in [-0.1, -0.05) is 26.7 Å².